The summed E-state index contributed by atoms with van der Waals surface area (Å²) in [4.78, 5) is 23.3. The fourth-order valence-electron chi connectivity index (χ4n) is 1.69. The molecular formula is C14H13BrN3O2+. The highest BCUT2D eigenvalue weighted by Crippen LogP contribution is 2.10. The first-order chi connectivity index (χ1) is 9.60. The number of hydrogen-bond donors (Lipinski definition) is 2. The van der Waals surface area contributed by atoms with Crippen LogP contribution in [0, 0.1) is 0 Å². The summed E-state index contributed by atoms with van der Waals surface area (Å²) in [5.74, 6) is 4.68. The zero-order chi connectivity index (χ0) is 14.5. The predicted octanol–water partition coefficient (Wildman–Crippen LogP) is 1.22. The van der Waals surface area contributed by atoms with Crippen LogP contribution >= 0.6 is 15.9 Å². The van der Waals surface area contributed by atoms with Gasteiger partial charge in [0.1, 0.15) is 0 Å². The van der Waals surface area contributed by atoms with Crippen molar-refractivity contribution in [1.29, 1.82) is 0 Å². The van der Waals surface area contributed by atoms with Gasteiger partial charge in [-0.3, -0.25) is 15.0 Å². The number of carbonyl (C=O) groups excluding carboxylic acids is 2. The summed E-state index contributed by atoms with van der Waals surface area (Å²) in [6, 6.07) is 10.4. The highest BCUT2D eigenvalue weighted by atomic mass is 79.9. The molecule has 1 heterocycles. The van der Waals surface area contributed by atoms with Gasteiger partial charge in [0, 0.05) is 22.2 Å². The van der Waals surface area contributed by atoms with E-state index in [0.717, 1.165) is 4.47 Å². The standard InChI is InChI=1S/C14H12BrN3O2/c15-12-3-1-10(2-4-12)13(19)9-18-7-5-11(6-8-18)14(20)17-16/h1-8,16,20H,9H2/p+1. The molecule has 0 saturated heterocycles. The van der Waals surface area contributed by atoms with Crippen molar-refractivity contribution in [3.8, 4) is 0 Å². The number of hydrazine groups is 1. The fourth-order valence-corrected chi connectivity index (χ4v) is 1.95. The van der Waals surface area contributed by atoms with Crippen LogP contribution in [0.5, 0.6) is 0 Å². The first-order valence-corrected chi connectivity index (χ1v) is 6.68. The molecular weight excluding hydrogens is 322 g/mol. The van der Waals surface area contributed by atoms with Gasteiger partial charge in [-0.2, -0.15) is 4.57 Å². The van der Waals surface area contributed by atoms with Crippen LogP contribution in [0.3, 0.4) is 0 Å². The smallest absolute Gasteiger partial charge is 0.265 e. The number of amides is 1. The molecule has 1 aromatic carbocycles. The second-order valence-electron chi connectivity index (χ2n) is 4.16. The summed E-state index contributed by atoms with van der Waals surface area (Å²) in [6.07, 6.45) is 3.34. The van der Waals surface area contributed by atoms with Crippen LogP contribution in [-0.2, 0) is 6.54 Å². The van der Waals surface area contributed by atoms with Gasteiger partial charge in [-0.05, 0) is 12.1 Å². The van der Waals surface area contributed by atoms with Gasteiger partial charge in [-0.15, -0.1) is 0 Å². The number of carbonyl (C=O) groups is 2. The Hall–Kier alpha value is -2.05. The van der Waals surface area contributed by atoms with Crippen molar-refractivity contribution in [1.82, 2.24) is 5.43 Å². The Balaban J connectivity index is 2.08. The molecule has 0 aliphatic heterocycles. The van der Waals surface area contributed by atoms with Gasteiger partial charge >= 0.3 is 0 Å². The second-order valence-corrected chi connectivity index (χ2v) is 5.08. The van der Waals surface area contributed by atoms with Crippen LogP contribution in [0.2, 0.25) is 0 Å². The molecule has 0 spiro atoms. The molecule has 102 valence electrons. The lowest BCUT2D eigenvalue weighted by Gasteiger charge is -2.00. The number of nitrogens with zero attached hydrogens (tertiary/aromatic N) is 1. The van der Waals surface area contributed by atoms with Crippen LogP contribution in [-0.4, -0.2) is 11.7 Å². The molecule has 1 aromatic heterocycles. The number of ketones is 1. The van der Waals surface area contributed by atoms with Crippen molar-refractivity contribution < 1.29 is 14.2 Å². The van der Waals surface area contributed by atoms with Gasteiger partial charge in [0.15, 0.2) is 12.4 Å². The van der Waals surface area contributed by atoms with Crippen LogP contribution in [0.25, 0.3) is 0 Å². The third kappa shape index (κ3) is 3.49. The van der Waals surface area contributed by atoms with E-state index < -0.39 is 0 Å². The predicted molar refractivity (Wildman–Crippen MR) is 76.8 cm³/mol. The first kappa shape index (κ1) is 14.4. The molecule has 3 N–H and O–H groups in total. The van der Waals surface area contributed by atoms with Gasteiger partial charge in [0.05, 0.1) is 5.56 Å². The molecule has 0 atom stereocenters. The lowest BCUT2D eigenvalue weighted by atomic mass is 10.1. The third-order valence-corrected chi connectivity index (χ3v) is 3.31. The minimum Gasteiger partial charge on any atom is -0.290 e. The number of Topliss-reactive ketones (excluding diaryl/α,β-unsaturated/α-hetero) is 1. The molecule has 2 rings (SSSR count). The van der Waals surface area contributed by atoms with E-state index in [0.29, 0.717) is 11.1 Å². The maximum absolute atomic E-state index is 12.1. The lowest BCUT2D eigenvalue weighted by Crippen LogP contribution is -2.38. The average molecular weight is 335 g/mol. The van der Waals surface area contributed by atoms with E-state index in [4.69, 9.17) is 5.84 Å². The van der Waals surface area contributed by atoms with Crippen LogP contribution in [0.1, 0.15) is 20.7 Å². The summed E-state index contributed by atoms with van der Waals surface area (Å²) >= 11 is 3.33. The summed E-state index contributed by atoms with van der Waals surface area (Å²) in [7, 11) is 0. The second kappa shape index (κ2) is 6.40. The average Bonchev–Trinajstić information content (AvgIpc) is 2.48. The molecule has 5 nitrogen and oxygen atoms in total. The Morgan fingerprint density at radius 1 is 1.05 bits per heavy atom. The zero-order valence-corrected chi connectivity index (χ0v) is 12.1. The summed E-state index contributed by atoms with van der Waals surface area (Å²) < 4.78 is 2.64. The largest absolute Gasteiger partial charge is 0.290 e. The molecule has 6 heteroatoms. The van der Waals surface area contributed by atoms with Crippen LogP contribution in [0.4, 0.5) is 0 Å². The third-order valence-electron chi connectivity index (χ3n) is 2.78. The number of nitrogens with two attached hydrogens (primary N) is 1. The van der Waals surface area contributed by atoms with Crippen molar-refractivity contribution in [3.05, 3.63) is 64.4 Å². The molecule has 0 bridgehead atoms. The van der Waals surface area contributed by atoms with Crippen molar-refractivity contribution in [2.75, 3.05) is 0 Å². The molecule has 0 aliphatic carbocycles. The summed E-state index contributed by atoms with van der Waals surface area (Å²) in [6.45, 7) is 0.214. The molecule has 0 aliphatic rings. The van der Waals surface area contributed by atoms with E-state index in [1.54, 1.807) is 41.2 Å². The van der Waals surface area contributed by atoms with Crippen LogP contribution < -0.4 is 15.8 Å². The van der Waals surface area contributed by atoms with E-state index >= 15 is 0 Å². The van der Waals surface area contributed by atoms with E-state index in [9.17, 15) is 9.59 Å². The number of rotatable bonds is 4. The van der Waals surface area contributed by atoms with E-state index in [1.807, 2.05) is 12.1 Å². The molecule has 0 unspecified atom stereocenters. The topological polar surface area (TPSA) is 76.1 Å². The van der Waals surface area contributed by atoms with Gasteiger partial charge in [-0.25, -0.2) is 5.84 Å². The SMILES string of the molecule is NNC(=O)c1cc[n+](CC(=O)c2ccc(Br)cc2)cc1. The number of nitrogen functional groups attached to an aromatic ring is 1. The Morgan fingerprint density at radius 3 is 2.20 bits per heavy atom. The molecule has 20 heavy (non-hydrogen) atoms. The van der Waals surface area contributed by atoms with E-state index in [2.05, 4.69) is 21.4 Å². The van der Waals surface area contributed by atoms with Crippen molar-refractivity contribution >= 4 is 27.6 Å². The summed E-state index contributed by atoms with van der Waals surface area (Å²) in [5, 5.41) is 0. The summed E-state index contributed by atoms with van der Waals surface area (Å²) in [5.41, 5.74) is 3.14. The highest BCUT2D eigenvalue weighted by Gasteiger charge is 2.13. The van der Waals surface area contributed by atoms with Gasteiger partial charge < -0.3 is 0 Å². The number of pyridine rings is 1. The normalized spacial score (nSPS) is 10.1. The molecule has 1 amide bonds. The molecule has 0 saturated carbocycles. The van der Waals surface area contributed by atoms with E-state index in [1.165, 1.54) is 0 Å². The monoisotopic (exact) mass is 334 g/mol. The Morgan fingerprint density at radius 2 is 1.65 bits per heavy atom. The fraction of sp³-hybridized carbons (Fsp3) is 0.0714. The number of aromatic nitrogens is 1. The first-order valence-electron chi connectivity index (χ1n) is 5.89. The maximum atomic E-state index is 12.1. The van der Waals surface area contributed by atoms with Crippen LogP contribution in [0.15, 0.2) is 53.3 Å². The highest BCUT2D eigenvalue weighted by molar-refractivity contribution is 9.10. The molecule has 0 radical (unpaired) electrons. The number of nitrogens with one attached hydrogen (secondary N) is 1. The van der Waals surface area contributed by atoms with Gasteiger partial charge in [-0.1, -0.05) is 28.1 Å². The number of hydrogen-bond acceptors (Lipinski definition) is 3. The minimum absolute atomic E-state index is 0.00136. The Bertz CT molecular complexity index is 624. The van der Waals surface area contributed by atoms with Gasteiger partial charge in [0.2, 0.25) is 12.3 Å². The molecule has 0 fully saturated rings. The van der Waals surface area contributed by atoms with Crippen molar-refractivity contribution in [3.63, 3.8) is 0 Å². The number of halogens is 1. The number of benzene rings is 1. The van der Waals surface area contributed by atoms with Gasteiger partial charge in [0.25, 0.3) is 5.91 Å². The maximum Gasteiger partial charge on any atom is 0.265 e. The van der Waals surface area contributed by atoms with Crippen molar-refractivity contribution in [2.24, 2.45) is 5.84 Å². The van der Waals surface area contributed by atoms with Crippen molar-refractivity contribution in [2.45, 2.75) is 6.54 Å². The zero-order valence-electron chi connectivity index (χ0n) is 10.5. The Labute approximate surface area is 124 Å². The van der Waals surface area contributed by atoms with E-state index in [-0.39, 0.29) is 18.2 Å². The Kier molecular flexibility index (Phi) is 4.60. The minimum atomic E-state index is -0.364. The quantitative estimate of drug-likeness (QED) is 0.290. The lowest BCUT2D eigenvalue weighted by molar-refractivity contribution is -0.683. The molecule has 2 aromatic rings.